The van der Waals surface area contributed by atoms with Gasteiger partial charge in [0.25, 0.3) is 0 Å². The summed E-state index contributed by atoms with van der Waals surface area (Å²) in [6.07, 6.45) is 0. The molecule has 0 amide bonds. The van der Waals surface area contributed by atoms with E-state index in [4.69, 9.17) is 11.6 Å². The van der Waals surface area contributed by atoms with Crippen LogP contribution in [0.3, 0.4) is 0 Å². The minimum absolute atomic E-state index is 0.0346. The van der Waals surface area contributed by atoms with Crippen LogP contribution in [0.5, 0.6) is 0 Å². The van der Waals surface area contributed by atoms with Gasteiger partial charge in [-0.1, -0.05) is 32.0 Å². The van der Waals surface area contributed by atoms with Gasteiger partial charge in [-0.2, -0.15) is 0 Å². The maximum atomic E-state index is 13.4. The van der Waals surface area contributed by atoms with E-state index in [1.807, 2.05) is 12.1 Å². The molecule has 0 aliphatic carbocycles. The molecule has 0 N–H and O–H groups in total. The first-order chi connectivity index (χ1) is 6.08. The zero-order chi connectivity index (χ0) is 9.90. The van der Waals surface area contributed by atoms with E-state index in [0.717, 1.165) is 5.56 Å². The van der Waals surface area contributed by atoms with Gasteiger partial charge in [0.05, 0.1) is 0 Å². The Labute approximate surface area is 85.9 Å². The van der Waals surface area contributed by atoms with E-state index in [1.54, 1.807) is 6.07 Å². The van der Waals surface area contributed by atoms with E-state index in [-0.39, 0.29) is 10.9 Å². The van der Waals surface area contributed by atoms with Crippen molar-refractivity contribution in [1.29, 1.82) is 0 Å². The van der Waals surface area contributed by atoms with Crippen LogP contribution in [0.15, 0.2) is 24.3 Å². The third kappa shape index (κ3) is 2.55. The first-order valence-electron chi connectivity index (χ1n) is 4.39. The Morgan fingerprint density at radius 3 is 2.54 bits per heavy atom. The molecule has 0 nitrogen and oxygen atoms in total. The maximum absolute atomic E-state index is 13.4. The molecule has 0 radical (unpaired) electrons. The Balaban J connectivity index is 2.99. The van der Waals surface area contributed by atoms with Gasteiger partial charge in [-0.05, 0) is 16.7 Å². The number of rotatable bonds is 3. The maximum Gasteiger partial charge on any atom is 0.126 e. The van der Waals surface area contributed by atoms with Crippen molar-refractivity contribution in [3.05, 3.63) is 35.6 Å². The van der Waals surface area contributed by atoms with Gasteiger partial charge in [0.2, 0.25) is 0 Å². The molecule has 1 aromatic rings. The van der Waals surface area contributed by atoms with Gasteiger partial charge in [0.15, 0.2) is 0 Å². The van der Waals surface area contributed by atoms with Gasteiger partial charge in [0, 0.05) is 15.0 Å². The van der Waals surface area contributed by atoms with Crippen molar-refractivity contribution in [1.82, 2.24) is 0 Å². The largest absolute Gasteiger partial charge is 0.207 e. The highest BCUT2D eigenvalue weighted by molar-refractivity contribution is 6.52. The second-order valence-electron chi connectivity index (χ2n) is 3.80. The highest BCUT2D eigenvalue weighted by Crippen LogP contribution is 2.24. The number of hydrogen-bond donors (Lipinski definition) is 0. The van der Waals surface area contributed by atoms with Crippen molar-refractivity contribution in [2.45, 2.75) is 18.9 Å². The molecule has 13 heavy (non-hydrogen) atoms. The van der Waals surface area contributed by atoms with Crippen LogP contribution in [0.25, 0.3) is 0 Å². The molecule has 0 heterocycles. The molecule has 0 atom stereocenters. The molecule has 0 saturated heterocycles. The van der Waals surface area contributed by atoms with Crippen LogP contribution >= 0.6 is 11.6 Å². The molecule has 0 spiro atoms. The van der Waals surface area contributed by atoms with Crippen LogP contribution in [0.4, 0.5) is 4.39 Å². The summed E-state index contributed by atoms with van der Waals surface area (Å²) in [7, 11) is -0.445. The molecule has 0 fully saturated rings. The zero-order valence-electron chi connectivity index (χ0n) is 7.98. The van der Waals surface area contributed by atoms with Crippen LogP contribution in [0.2, 0.25) is 0 Å². The Kier molecular flexibility index (Phi) is 3.51. The van der Waals surface area contributed by atoms with Gasteiger partial charge in [-0.3, -0.25) is 0 Å². The van der Waals surface area contributed by atoms with Crippen LogP contribution in [0.1, 0.15) is 19.4 Å². The monoisotopic (exact) mass is 216 g/mol. The molecule has 0 aromatic heterocycles. The van der Waals surface area contributed by atoms with Gasteiger partial charge in [-0.25, -0.2) is 4.39 Å². The molecule has 0 bridgehead atoms. The molecule has 3 heteroatoms. The normalized spacial score (nSPS) is 12.6. The lowest BCUT2D eigenvalue weighted by molar-refractivity contribution is 0.581. The second-order valence-corrected chi connectivity index (χ2v) is 7.58. The lowest BCUT2D eigenvalue weighted by Gasteiger charge is -2.24. The predicted octanol–water partition coefficient (Wildman–Crippen LogP) is 2.43. The topological polar surface area (TPSA) is 0 Å². The Morgan fingerprint density at radius 1 is 1.38 bits per heavy atom. The summed E-state index contributed by atoms with van der Waals surface area (Å²) in [4.78, 5) is 0. The molecule has 0 aliphatic rings. The van der Waals surface area contributed by atoms with Crippen molar-refractivity contribution in [2.75, 3.05) is 5.50 Å². The molecule has 1 aromatic carbocycles. The van der Waals surface area contributed by atoms with E-state index >= 15 is 0 Å². The highest BCUT2D eigenvalue weighted by Gasteiger charge is 2.23. The van der Waals surface area contributed by atoms with E-state index in [1.165, 1.54) is 6.07 Å². The number of halogens is 2. The average Bonchev–Trinajstić information content (AvgIpc) is 2.04. The molecule has 72 valence electrons. The summed E-state index contributed by atoms with van der Waals surface area (Å²) in [5, 5.41) is -0.0346. The first-order valence-corrected chi connectivity index (χ1v) is 6.63. The van der Waals surface area contributed by atoms with Crippen molar-refractivity contribution in [3.8, 4) is 0 Å². The molecule has 0 saturated carbocycles. The summed E-state index contributed by atoms with van der Waals surface area (Å²) >= 11 is 5.73. The third-order valence-corrected chi connectivity index (χ3v) is 4.71. The van der Waals surface area contributed by atoms with Crippen LogP contribution < -0.4 is 0 Å². The highest BCUT2D eigenvalue weighted by atomic mass is 35.5. The fourth-order valence-electron chi connectivity index (χ4n) is 1.38. The summed E-state index contributed by atoms with van der Waals surface area (Å²) in [5.41, 5.74) is 1.50. The number of alkyl halides is 1. The van der Waals surface area contributed by atoms with E-state index in [9.17, 15) is 4.39 Å². The average molecular weight is 217 g/mol. The van der Waals surface area contributed by atoms with Crippen molar-refractivity contribution >= 4 is 21.1 Å². The van der Waals surface area contributed by atoms with Crippen molar-refractivity contribution < 1.29 is 4.39 Å². The predicted molar refractivity (Wildman–Crippen MR) is 58.7 cm³/mol. The Morgan fingerprint density at radius 2 is 2.00 bits per heavy atom. The minimum Gasteiger partial charge on any atom is -0.207 e. The van der Waals surface area contributed by atoms with E-state index < -0.39 is 9.52 Å². The van der Waals surface area contributed by atoms with E-state index in [0.29, 0.717) is 5.50 Å². The van der Waals surface area contributed by atoms with Gasteiger partial charge in [-0.15, -0.1) is 11.6 Å². The standard InChI is InChI=1S/C10H14ClFSi/c1-10(2,13-7-11)8-5-3-4-6-9(8)12/h3-6H,7,13H2,1-2H3. The molecular formula is C10H14ClFSi. The van der Waals surface area contributed by atoms with Crippen molar-refractivity contribution in [2.24, 2.45) is 0 Å². The van der Waals surface area contributed by atoms with Crippen LogP contribution in [-0.2, 0) is 5.04 Å². The SMILES string of the molecule is CC(C)([SiH2]CCl)c1ccccc1F. The lowest BCUT2D eigenvalue weighted by atomic mass is 10.0. The zero-order valence-corrected chi connectivity index (χ0v) is 10.1. The Hall–Kier alpha value is -0.343. The molecule has 0 unspecified atom stereocenters. The van der Waals surface area contributed by atoms with E-state index in [2.05, 4.69) is 13.8 Å². The summed E-state index contributed by atoms with van der Waals surface area (Å²) in [5.74, 6) is -0.106. The quantitative estimate of drug-likeness (QED) is 0.538. The van der Waals surface area contributed by atoms with Crippen LogP contribution in [0, 0.1) is 5.82 Å². The second kappa shape index (κ2) is 4.25. The third-order valence-electron chi connectivity index (χ3n) is 2.32. The summed E-state index contributed by atoms with van der Waals surface area (Å²) < 4.78 is 13.4. The molecule has 1 rings (SSSR count). The fraction of sp³-hybridized carbons (Fsp3) is 0.400. The van der Waals surface area contributed by atoms with Gasteiger partial charge < -0.3 is 0 Å². The number of hydrogen-bond acceptors (Lipinski definition) is 0. The fourth-order valence-corrected chi connectivity index (χ4v) is 3.83. The molecule has 0 aliphatic heterocycles. The first kappa shape index (κ1) is 10.7. The smallest absolute Gasteiger partial charge is 0.126 e. The summed E-state index contributed by atoms with van der Waals surface area (Å²) in [6.45, 7) is 4.14. The number of benzene rings is 1. The lowest BCUT2D eigenvalue weighted by Crippen LogP contribution is -2.28. The summed E-state index contributed by atoms with van der Waals surface area (Å²) in [6, 6.07) is 6.97. The van der Waals surface area contributed by atoms with Crippen molar-refractivity contribution in [3.63, 3.8) is 0 Å². The van der Waals surface area contributed by atoms with Crippen LogP contribution in [-0.4, -0.2) is 15.0 Å². The van der Waals surface area contributed by atoms with Gasteiger partial charge >= 0.3 is 0 Å². The Bertz CT molecular complexity index is 286. The van der Waals surface area contributed by atoms with Gasteiger partial charge in [0.1, 0.15) is 5.82 Å². The molecular weight excluding hydrogens is 203 g/mol. The minimum atomic E-state index is -0.445.